The lowest BCUT2D eigenvalue weighted by molar-refractivity contribution is -0.126. The van der Waals surface area contributed by atoms with Crippen molar-refractivity contribution in [2.45, 2.75) is 18.8 Å². The SMILES string of the molecule is N#CC(C(=O)C1CCOCC1)c1c(Cl)cccc1Cl. The maximum absolute atomic E-state index is 12.4. The number of halogens is 2. The molecular weight excluding hydrogens is 285 g/mol. The van der Waals surface area contributed by atoms with Crippen LogP contribution in [0, 0.1) is 17.2 Å². The van der Waals surface area contributed by atoms with Crippen LogP contribution in [0.15, 0.2) is 18.2 Å². The molecule has 1 aromatic rings. The van der Waals surface area contributed by atoms with Gasteiger partial charge >= 0.3 is 0 Å². The summed E-state index contributed by atoms with van der Waals surface area (Å²) in [4.78, 5) is 12.4. The molecule has 1 fully saturated rings. The van der Waals surface area contributed by atoms with Crippen LogP contribution in [0.1, 0.15) is 24.3 Å². The molecule has 1 aliphatic heterocycles. The van der Waals surface area contributed by atoms with E-state index in [1.165, 1.54) is 0 Å². The molecule has 0 bridgehead atoms. The molecule has 0 aliphatic carbocycles. The van der Waals surface area contributed by atoms with Gasteiger partial charge in [-0.1, -0.05) is 29.3 Å². The van der Waals surface area contributed by atoms with Crippen LogP contribution in [0.2, 0.25) is 10.0 Å². The molecule has 0 N–H and O–H groups in total. The van der Waals surface area contributed by atoms with Crippen LogP contribution in [0.25, 0.3) is 0 Å². The lowest BCUT2D eigenvalue weighted by atomic mass is 9.84. The van der Waals surface area contributed by atoms with Crippen LogP contribution in [0.5, 0.6) is 0 Å². The number of benzene rings is 1. The van der Waals surface area contributed by atoms with Crippen LogP contribution in [0.4, 0.5) is 0 Å². The van der Waals surface area contributed by atoms with Gasteiger partial charge in [0.1, 0.15) is 5.92 Å². The lowest BCUT2D eigenvalue weighted by Crippen LogP contribution is -2.27. The molecule has 100 valence electrons. The maximum Gasteiger partial charge on any atom is 0.157 e. The fourth-order valence-corrected chi connectivity index (χ4v) is 2.89. The van der Waals surface area contributed by atoms with Crippen molar-refractivity contribution in [1.29, 1.82) is 5.26 Å². The van der Waals surface area contributed by atoms with E-state index in [0.717, 1.165) is 0 Å². The number of nitriles is 1. The van der Waals surface area contributed by atoms with E-state index in [0.29, 0.717) is 41.7 Å². The number of ketones is 1. The van der Waals surface area contributed by atoms with Crippen molar-refractivity contribution in [3.63, 3.8) is 0 Å². The van der Waals surface area contributed by atoms with Gasteiger partial charge < -0.3 is 4.74 Å². The fraction of sp³-hybridized carbons (Fsp3) is 0.429. The van der Waals surface area contributed by atoms with Crippen LogP contribution in [-0.2, 0) is 9.53 Å². The van der Waals surface area contributed by atoms with Gasteiger partial charge in [-0.2, -0.15) is 5.26 Å². The number of Topliss-reactive ketones (excluding diaryl/α,β-unsaturated/α-hetero) is 1. The topological polar surface area (TPSA) is 50.1 Å². The summed E-state index contributed by atoms with van der Waals surface area (Å²) < 4.78 is 5.23. The first-order chi connectivity index (χ1) is 9.15. The summed E-state index contributed by atoms with van der Waals surface area (Å²) in [6.45, 7) is 1.12. The number of nitrogens with zero attached hydrogens (tertiary/aromatic N) is 1. The van der Waals surface area contributed by atoms with E-state index < -0.39 is 5.92 Å². The predicted octanol–water partition coefficient (Wildman–Crippen LogP) is 3.60. The Hall–Kier alpha value is -1.08. The number of hydrogen-bond acceptors (Lipinski definition) is 3. The Balaban J connectivity index is 2.29. The van der Waals surface area contributed by atoms with E-state index in [4.69, 9.17) is 27.9 Å². The van der Waals surface area contributed by atoms with E-state index in [1.54, 1.807) is 18.2 Å². The van der Waals surface area contributed by atoms with Crippen LogP contribution in [-0.4, -0.2) is 19.0 Å². The quantitative estimate of drug-likeness (QED) is 0.856. The zero-order chi connectivity index (χ0) is 13.8. The van der Waals surface area contributed by atoms with E-state index in [9.17, 15) is 10.1 Å². The third-order valence-corrected chi connectivity index (χ3v) is 3.98. The number of carbonyl (C=O) groups excluding carboxylic acids is 1. The molecule has 0 aromatic heterocycles. The van der Waals surface area contributed by atoms with Crippen LogP contribution < -0.4 is 0 Å². The molecule has 0 saturated carbocycles. The Labute approximate surface area is 122 Å². The number of hydrogen-bond donors (Lipinski definition) is 0. The standard InChI is InChI=1S/C14H13Cl2NO2/c15-11-2-1-3-12(16)13(11)10(8-17)14(18)9-4-6-19-7-5-9/h1-3,9-10H,4-7H2. The first-order valence-electron chi connectivity index (χ1n) is 6.10. The highest BCUT2D eigenvalue weighted by Crippen LogP contribution is 2.34. The van der Waals surface area contributed by atoms with Crippen LogP contribution in [0.3, 0.4) is 0 Å². The molecule has 2 rings (SSSR count). The van der Waals surface area contributed by atoms with Gasteiger partial charge in [0.15, 0.2) is 5.78 Å². The molecule has 1 aromatic carbocycles. The minimum atomic E-state index is -0.899. The normalized spacial score (nSPS) is 17.7. The molecule has 5 heteroatoms. The van der Waals surface area contributed by atoms with Gasteiger partial charge in [0.25, 0.3) is 0 Å². The Bertz CT molecular complexity index is 498. The molecule has 3 nitrogen and oxygen atoms in total. The van der Waals surface area contributed by atoms with Crippen molar-refractivity contribution in [3.8, 4) is 6.07 Å². The van der Waals surface area contributed by atoms with Crippen LogP contribution >= 0.6 is 23.2 Å². The summed E-state index contributed by atoms with van der Waals surface area (Å²) in [5, 5.41) is 10.0. The van der Waals surface area contributed by atoms with E-state index in [2.05, 4.69) is 0 Å². The minimum Gasteiger partial charge on any atom is -0.381 e. The minimum absolute atomic E-state index is 0.110. The van der Waals surface area contributed by atoms with Crippen molar-refractivity contribution in [1.82, 2.24) is 0 Å². The predicted molar refractivity (Wildman–Crippen MR) is 73.4 cm³/mol. The Morgan fingerprint density at radius 2 is 1.89 bits per heavy atom. The van der Waals surface area contributed by atoms with E-state index >= 15 is 0 Å². The van der Waals surface area contributed by atoms with Crippen molar-refractivity contribution in [2.75, 3.05) is 13.2 Å². The number of ether oxygens (including phenoxy) is 1. The monoisotopic (exact) mass is 297 g/mol. The molecule has 0 spiro atoms. The molecule has 1 aliphatic rings. The molecule has 1 unspecified atom stereocenters. The third kappa shape index (κ3) is 3.09. The van der Waals surface area contributed by atoms with Gasteiger partial charge in [-0.25, -0.2) is 0 Å². The molecule has 19 heavy (non-hydrogen) atoms. The van der Waals surface area contributed by atoms with Gasteiger partial charge in [-0.3, -0.25) is 4.79 Å². The molecular formula is C14H13Cl2NO2. The first kappa shape index (κ1) is 14.3. The van der Waals surface area contributed by atoms with Crippen molar-refractivity contribution >= 4 is 29.0 Å². The molecule has 1 saturated heterocycles. The lowest BCUT2D eigenvalue weighted by Gasteiger charge is -2.23. The molecule has 0 radical (unpaired) electrons. The highest BCUT2D eigenvalue weighted by Gasteiger charge is 2.32. The number of rotatable bonds is 3. The van der Waals surface area contributed by atoms with Crippen molar-refractivity contribution in [2.24, 2.45) is 5.92 Å². The fourth-order valence-electron chi connectivity index (χ4n) is 2.27. The first-order valence-corrected chi connectivity index (χ1v) is 6.85. The molecule has 1 atom stereocenters. The van der Waals surface area contributed by atoms with Gasteiger partial charge in [-0.15, -0.1) is 0 Å². The summed E-state index contributed by atoms with van der Waals surface area (Å²) in [6.07, 6.45) is 1.30. The highest BCUT2D eigenvalue weighted by atomic mass is 35.5. The smallest absolute Gasteiger partial charge is 0.157 e. The van der Waals surface area contributed by atoms with E-state index in [-0.39, 0.29) is 11.7 Å². The second-order valence-corrected chi connectivity index (χ2v) is 5.30. The van der Waals surface area contributed by atoms with Gasteiger partial charge in [0, 0.05) is 34.7 Å². The maximum atomic E-state index is 12.4. The Morgan fingerprint density at radius 3 is 2.42 bits per heavy atom. The van der Waals surface area contributed by atoms with Gasteiger partial charge in [0.2, 0.25) is 0 Å². The summed E-state index contributed by atoms with van der Waals surface area (Å²) in [5.74, 6) is -1.16. The largest absolute Gasteiger partial charge is 0.381 e. The Morgan fingerprint density at radius 1 is 1.32 bits per heavy atom. The zero-order valence-electron chi connectivity index (χ0n) is 10.2. The summed E-state index contributed by atoms with van der Waals surface area (Å²) in [7, 11) is 0. The van der Waals surface area contributed by atoms with Gasteiger partial charge in [0.05, 0.1) is 6.07 Å². The van der Waals surface area contributed by atoms with Crippen molar-refractivity contribution in [3.05, 3.63) is 33.8 Å². The third-order valence-electron chi connectivity index (χ3n) is 3.33. The second kappa shape index (κ2) is 6.38. The average molecular weight is 298 g/mol. The van der Waals surface area contributed by atoms with E-state index in [1.807, 2.05) is 6.07 Å². The van der Waals surface area contributed by atoms with Crippen molar-refractivity contribution < 1.29 is 9.53 Å². The Kier molecular flexibility index (Phi) is 4.81. The molecule has 1 heterocycles. The molecule has 0 amide bonds. The zero-order valence-corrected chi connectivity index (χ0v) is 11.7. The second-order valence-electron chi connectivity index (χ2n) is 4.49. The summed E-state index contributed by atoms with van der Waals surface area (Å²) >= 11 is 12.1. The summed E-state index contributed by atoms with van der Waals surface area (Å²) in [6, 6.07) is 7.02. The average Bonchev–Trinajstić information content (AvgIpc) is 2.43. The number of carbonyl (C=O) groups is 1. The summed E-state index contributed by atoms with van der Waals surface area (Å²) in [5.41, 5.74) is 0.421. The highest BCUT2D eigenvalue weighted by molar-refractivity contribution is 6.36. The van der Waals surface area contributed by atoms with Gasteiger partial charge in [-0.05, 0) is 25.0 Å².